The summed E-state index contributed by atoms with van der Waals surface area (Å²) >= 11 is 0. The number of nitrogens with zero attached hydrogens (tertiary/aromatic N) is 1. The maximum absolute atomic E-state index is 14.3. The molecule has 0 aromatic heterocycles. The molecule has 0 bridgehead atoms. The van der Waals surface area contributed by atoms with Gasteiger partial charge in [-0.15, -0.1) is 0 Å². The monoisotopic (exact) mass is 464 g/mol. The van der Waals surface area contributed by atoms with Crippen LogP contribution in [0.1, 0.15) is 35.7 Å². The fourth-order valence-corrected chi connectivity index (χ4v) is 5.43. The number of rotatable bonds is 8. The number of ether oxygens (including phenoxy) is 2. The maximum atomic E-state index is 14.3. The summed E-state index contributed by atoms with van der Waals surface area (Å²) < 4.78 is 52.2. The number of carbonyl (C=O) groups is 1. The molecule has 1 saturated heterocycles. The Bertz CT molecular complexity index is 1070. The minimum absolute atomic E-state index is 0.0713. The van der Waals surface area contributed by atoms with Gasteiger partial charge < -0.3 is 14.8 Å². The van der Waals surface area contributed by atoms with E-state index in [0.29, 0.717) is 31.0 Å². The largest absolute Gasteiger partial charge is 0.493 e. The molecule has 0 radical (unpaired) electrons. The summed E-state index contributed by atoms with van der Waals surface area (Å²) in [5.41, 5.74) is 0.613. The fraction of sp³-hybridized carbons (Fsp3) is 0.435. The van der Waals surface area contributed by atoms with Gasteiger partial charge in [0.1, 0.15) is 5.82 Å². The lowest BCUT2D eigenvalue weighted by atomic mass is 10.0. The zero-order valence-electron chi connectivity index (χ0n) is 18.6. The lowest BCUT2D eigenvalue weighted by Gasteiger charge is -2.30. The van der Waals surface area contributed by atoms with Crippen LogP contribution in [0.2, 0.25) is 0 Å². The zero-order chi connectivity index (χ0) is 23.3. The van der Waals surface area contributed by atoms with Crippen molar-refractivity contribution in [2.45, 2.75) is 31.1 Å². The summed E-state index contributed by atoms with van der Waals surface area (Å²) in [6, 6.07) is 8.79. The van der Waals surface area contributed by atoms with Crippen LogP contribution in [-0.2, 0) is 16.4 Å². The van der Waals surface area contributed by atoms with Gasteiger partial charge in [-0.05, 0) is 61.1 Å². The SMILES string of the molecule is COc1ccc(CCNC(=O)c2cc(S(=O)(=O)N3CCC[C@H](C)C3)ccc2F)cc1OC. The molecule has 1 fully saturated rings. The van der Waals surface area contributed by atoms with E-state index < -0.39 is 21.7 Å². The third kappa shape index (κ3) is 5.39. The lowest BCUT2D eigenvalue weighted by Crippen LogP contribution is -2.39. The second kappa shape index (κ2) is 10.3. The molecule has 0 spiro atoms. The molecule has 7 nitrogen and oxygen atoms in total. The fourth-order valence-electron chi connectivity index (χ4n) is 3.80. The third-order valence-electron chi connectivity index (χ3n) is 5.59. The van der Waals surface area contributed by atoms with Crippen molar-refractivity contribution in [2.24, 2.45) is 5.92 Å². The minimum atomic E-state index is -3.78. The van der Waals surface area contributed by atoms with Crippen LogP contribution >= 0.6 is 0 Å². The van der Waals surface area contributed by atoms with Crippen LogP contribution < -0.4 is 14.8 Å². The van der Waals surface area contributed by atoms with Crippen molar-refractivity contribution < 1.29 is 27.1 Å². The normalized spacial score (nSPS) is 17.1. The molecule has 2 aromatic rings. The average molecular weight is 465 g/mol. The third-order valence-corrected chi connectivity index (χ3v) is 7.45. The van der Waals surface area contributed by atoms with Crippen molar-refractivity contribution in [2.75, 3.05) is 33.9 Å². The van der Waals surface area contributed by atoms with E-state index in [4.69, 9.17) is 9.47 Å². The summed E-state index contributed by atoms with van der Waals surface area (Å²) in [6.45, 7) is 3.10. The number of hydrogen-bond acceptors (Lipinski definition) is 5. The molecule has 32 heavy (non-hydrogen) atoms. The van der Waals surface area contributed by atoms with Gasteiger partial charge in [0.15, 0.2) is 11.5 Å². The molecule has 9 heteroatoms. The molecular weight excluding hydrogens is 435 g/mol. The summed E-state index contributed by atoms with van der Waals surface area (Å²) in [5, 5.41) is 2.66. The lowest BCUT2D eigenvalue weighted by molar-refractivity contribution is 0.0950. The molecule has 1 atom stereocenters. The van der Waals surface area contributed by atoms with Crippen LogP contribution in [0.3, 0.4) is 0 Å². The Morgan fingerprint density at radius 2 is 1.91 bits per heavy atom. The maximum Gasteiger partial charge on any atom is 0.254 e. The van der Waals surface area contributed by atoms with Crippen LogP contribution in [0.15, 0.2) is 41.3 Å². The number of piperidine rings is 1. The standard InChI is InChI=1S/C23H29FN2O5S/c1-16-5-4-12-26(15-16)32(28,29)18-7-8-20(24)19(14-18)23(27)25-11-10-17-6-9-21(30-2)22(13-17)31-3/h6-9,13-14,16H,4-5,10-12,15H2,1-3H3,(H,25,27)/t16-/m0/s1. The van der Waals surface area contributed by atoms with Gasteiger partial charge in [-0.25, -0.2) is 12.8 Å². The first-order chi connectivity index (χ1) is 15.3. The van der Waals surface area contributed by atoms with E-state index in [1.165, 1.54) is 17.5 Å². The van der Waals surface area contributed by atoms with Gasteiger partial charge in [-0.1, -0.05) is 13.0 Å². The van der Waals surface area contributed by atoms with E-state index in [2.05, 4.69) is 5.32 Å². The van der Waals surface area contributed by atoms with Gasteiger partial charge >= 0.3 is 0 Å². The summed E-state index contributed by atoms with van der Waals surface area (Å²) in [6.07, 6.45) is 2.24. The van der Waals surface area contributed by atoms with Crippen molar-refractivity contribution in [3.05, 3.63) is 53.3 Å². The van der Waals surface area contributed by atoms with Crippen molar-refractivity contribution in [3.8, 4) is 11.5 Å². The highest BCUT2D eigenvalue weighted by molar-refractivity contribution is 7.89. The Kier molecular flexibility index (Phi) is 7.73. The Morgan fingerprint density at radius 3 is 2.59 bits per heavy atom. The van der Waals surface area contributed by atoms with Gasteiger partial charge in [0.05, 0.1) is 24.7 Å². The van der Waals surface area contributed by atoms with Crippen molar-refractivity contribution in [1.29, 1.82) is 0 Å². The topological polar surface area (TPSA) is 84.9 Å². The number of benzene rings is 2. The first kappa shape index (κ1) is 24.0. The molecule has 1 heterocycles. The van der Waals surface area contributed by atoms with Gasteiger partial charge in [0, 0.05) is 19.6 Å². The zero-order valence-corrected chi connectivity index (χ0v) is 19.4. The minimum Gasteiger partial charge on any atom is -0.493 e. The first-order valence-corrected chi connectivity index (χ1v) is 12.0. The van der Waals surface area contributed by atoms with Gasteiger partial charge in [-0.2, -0.15) is 4.31 Å². The summed E-state index contributed by atoms with van der Waals surface area (Å²) in [5.74, 6) is 0.0146. The second-order valence-electron chi connectivity index (χ2n) is 7.95. The number of amides is 1. The highest BCUT2D eigenvalue weighted by Crippen LogP contribution is 2.28. The molecule has 2 aromatic carbocycles. The number of sulfonamides is 1. The Hall–Kier alpha value is -2.65. The second-order valence-corrected chi connectivity index (χ2v) is 9.89. The smallest absolute Gasteiger partial charge is 0.254 e. The van der Waals surface area contributed by atoms with Gasteiger partial charge in [-0.3, -0.25) is 4.79 Å². The van der Waals surface area contributed by atoms with Crippen molar-refractivity contribution in [1.82, 2.24) is 9.62 Å². The molecule has 1 aliphatic rings. The van der Waals surface area contributed by atoms with E-state index in [9.17, 15) is 17.6 Å². The Balaban J connectivity index is 1.69. The Morgan fingerprint density at radius 1 is 1.16 bits per heavy atom. The van der Waals surface area contributed by atoms with Crippen LogP contribution in [0.25, 0.3) is 0 Å². The van der Waals surface area contributed by atoms with E-state index >= 15 is 0 Å². The highest BCUT2D eigenvalue weighted by atomic mass is 32.2. The van der Waals surface area contributed by atoms with Crippen LogP contribution in [0, 0.1) is 11.7 Å². The Labute approximate surface area is 188 Å². The molecule has 1 amide bonds. The molecule has 3 rings (SSSR count). The number of methoxy groups -OCH3 is 2. The van der Waals surface area contributed by atoms with E-state index in [1.807, 2.05) is 13.0 Å². The van der Waals surface area contributed by atoms with E-state index in [0.717, 1.165) is 30.5 Å². The first-order valence-electron chi connectivity index (χ1n) is 10.5. The average Bonchev–Trinajstić information content (AvgIpc) is 2.79. The molecule has 0 aliphatic carbocycles. The number of nitrogens with one attached hydrogen (secondary N) is 1. The van der Waals surface area contributed by atoms with Crippen LogP contribution in [-0.4, -0.2) is 52.5 Å². The predicted molar refractivity (Wildman–Crippen MR) is 119 cm³/mol. The van der Waals surface area contributed by atoms with Crippen molar-refractivity contribution >= 4 is 15.9 Å². The summed E-state index contributed by atoms with van der Waals surface area (Å²) in [4.78, 5) is 12.5. The molecule has 1 aliphatic heterocycles. The quantitative estimate of drug-likeness (QED) is 0.648. The van der Waals surface area contributed by atoms with Crippen molar-refractivity contribution in [3.63, 3.8) is 0 Å². The van der Waals surface area contributed by atoms with Gasteiger partial charge in [0.25, 0.3) is 5.91 Å². The molecule has 0 saturated carbocycles. The van der Waals surface area contributed by atoms with Gasteiger partial charge in [0.2, 0.25) is 10.0 Å². The molecule has 174 valence electrons. The molecular formula is C23H29FN2O5S. The number of halogens is 1. The summed E-state index contributed by atoms with van der Waals surface area (Å²) in [7, 11) is -0.697. The molecule has 0 unspecified atom stereocenters. The predicted octanol–water partition coefficient (Wildman–Crippen LogP) is 3.24. The molecule has 1 N–H and O–H groups in total. The van der Waals surface area contributed by atoms with Crippen LogP contribution in [0.5, 0.6) is 11.5 Å². The number of hydrogen-bond donors (Lipinski definition) is 1. The van der Waals surface area contributed by atoms with E-state index in [-0.39, 0.29) is 22.9 Å². The number of carbonyl (C=O) groups excluding carboxylic acids is 1. The highest BCUT2D eigenvalue weighted by Gasteiger charge is 2.29. The van der Waals surface area contributed by atoms with Crippen LogP contribution in [0.4, 0.5) is 4.39 Å². The van der Waals surface area contributed by atoms with E-state index in [1.54, 1.807) is 19.2 Å².